The molecule has 3 fully saturated rings. The quantitative estimate of drug-likeness (QED) is 0.123. The van der Waals surface area contributed by atoms with Crippen molar-refractivity contribution in [2.75, 3.05) is 6.61 Å². The molecule has 13 heteroatoms. The van der Waals surface area contributed by atoms with E-state index in [2.05, 4.69) is 80.7 Å². The van der Waals surface area contributed by atoms with Crippen LogP contribution in [0.2, 0.25) is 36.3 Å². The molecule has 0 aromatic heterocycles. The lowest BCUT2D eigenvalue weighted by Crippen LogP contribution is -2.75. The summed E-state index contributed by atoms with van der Waals surface area (Å²) in [7, 11) is -11.2. The van der Waals surface area contributed by atoms with Gasteiger partial charge in [-0.3, -0.25) is 8.98 Å². The van der Waals surface area contributed by atoms with Crippen molar-refractivity contribution < 1.29 is 44.2 Å². The van der Waals surface area contributed by atoms with Crippen LogP contribution in [0.3, 0.4) is 0 Å². The van der Waals surface area contributed by atoms with E-state index in [9.17, 15) is 26.4 Å². The Morgan fingerprint density at radius 2 is 1.48 bits per heavy atom. The molecule has 0 aromatic carbocycles. The fourth-order valence-electron chi connectivity index (χ4n) is 7.84. The van der Waals surface area contributed by atoms with Crippen LogP contribution < -0.4 is 0 Å². The Balaban J connectivity index is 2.04. The Morgan fingerprint density at radius 1 is 0.955 bits per heavy atom. The summed E-state index contributed by atoms with van der Waals surface area (Å²) in [6.45, 7) is 26.5. The molecule has 0 radical (unpaired) electrons. The van der Waals surface area contributed by atoms with Gasteiger partial charge >= 0.3 is 15.6 Å². The van der Waals surface area contributed by atoms with Crippen LogP contribution in [-0.4, -0.2) is 66.9 Å². The molecule has 1 heterocycles. The van der Waals surface area contributed by atoms with Gasteiger partial charge in [-0.1, -0.05) is 60.1 Å². The minimum absolute atomic E-state index is 0.0452. The van der Waals surface area contributed by atoms with Gasteiger partial charge in [0.05, 0.1) is 24.2 Å². The molecular formula is C31H53F3O7SSi2. The SMILES string of the molecule is CC1=CCC[C@]2(C)[C@H]3[C@@H](O[Si](C)(C)C(C)(C)C)[C@H](O[Si](C)(C)C(C)(C)C)[C@@]4(C)OC[C@@]3(C4=O)[C@@H](OS(=O)(=O)C(F)(F)F)C[C@@H]12. The molecular weight excluding hydrogens is 630 g/mol. The van der Waals surface area contributed by atoms with Crippen LogP contribution in [-0.2, 0) is 32.7 Å². The van der Waals surface area contributed by atoms with E-state index in [1.807, 2.05) is 6.92 Å². The fraction of sp³-hybridized carbons (Fsp3) is 0.903. The summed E-state index contributed by atoms with van der Waals surface area (Å²) in [5.74, 6) is -1.47. The maximum atomic E-state index is 15.0. The molecule has 1 saturated heterocycles. The third-order valence-electron chi connectivity index (χ3n) is 12.4. The standard InChI is InChI=1S/C31H53F3O7SSi2/c1-19-15-14-16-28(8)20(19)17-21(39-42(36,37)31(32,33)34)30-18-38-29(9,25(30)35)24(41-44(12,13)27(5,6)7)22(23(28)30)40-43(10,11)26(2,3)4/h15,20-24H,14,16-18H2,1-13H3/t20-,21-,22+,23+,24-,28-,29+,30+/m0/s1. The van der Waals surface area contributed by atoms with Gasteiger partial charge in [0, 0.05) is 5.92 Å². The zero-order chi connectivity index (χ0) is 33.9. The van der Waals surface area contributed by atoms with Crippen LogP contribution in [0.25, 0.3) is 0 Å². The predicted molar refractivity (Wildman–Crippen MR) is 168 cm³/mol. The lowest BCUT2D eigenvalue weighted by molar-refractivity contribution is -0.208. The highest BCUT2D eigenvalue weighted by molar-refractivity contribution is 7.87. The minimum atomic E-state index is -6.02. The van der Waals surface area contributed by atoms with E-state index in [1.54, 1.807) is 6.92 Å². The third-order valence-corrected chi connectivity index (χ3v) is 22.4. The molecule has 3 aliphatic carbocycles. The zero-order valence-electron chi connectivity index (χ0n) is 28.7. The summed E-state index contributed by atoms with van der Waals surface area (Å²) < 4.78 is 92.8. The Bertz CT molecular complexity index is 1320. The van der Waals surface area contributed by atoms with Crippen LogP contribution in [0.4, 0.5) is 13.2 Å². The topological polar surface area (TPSA) is 88.1 Å². The number of carbonyl (C=O) groups is 1. The number of hydrogen-bond acceptors (Lipinski definition) is 7. The van der Waals surface area contributed by atoms with E-state index in [-0.39, 0.29) is 29.0 Å². The number of Topliss-reactive ketones (excluding diaryl/α,β-unsaturated/α-hetero) is 1. The van der Waals surface area contributed by atoms with Crippen LogP contribution in [0, 0.1) is 22.7 Å². The van der Waals surface area contributed by atoms with E-state index in [0.717, 1.165) is 12.0 Å². The molecule has 0 amide bonds. The smallest absolute Gasteiger partial charge is 0.411 e. The molecule has 4 rings (SSSR count). The van der Waals surface area contributed by atoms with Crippen molar-refractivity contribution >= 4 is 32.5 Å². The van der Waals surface area contributed by atoms with E-state index in [0.29, 0.717) is 6.42 Å². The molecule has 2 bridgehead atoms. The highest BCUT2D eigenvalue weighted by atomic mass is 32.2. The van der Waals surface area contributed by atoms with Crippen LogP contribution in [0.15, 0.2) is 11.6 Å². The van der Waals surface area contributed by atoms with Gasteiger partial charge in [0.15, 0.2) is 28.0 Å². The first-order valence-corrected chi connectivity index (χ1v) is 22.9. The average Bonchev–Trinajstić information content (AvgIpc) is 3.01. The number of ketones is 1. The van der Waals surface area contributed by atoms with Crippen molar-refractivity contribution in [1.29, 1.82) is 0 Å². The van der Waals surface area contributed by atoms with Crippen LogP contribution in [0.1, 0.15) is 81.6 Å². The van der Waals surface area contributed by atoms with Gasteiger partial charge in [-0.2, -0.15) is 21.6 Å². The highest BCUT2D eigenvalue weighted by Gasteiger charge is 2.79. The van der Waals surface area contributed by atoms with Crippen LogP contribution in [0.5, 0.6) is 0 Å². The molecule has 4 aliphatic rings. The molecule has 1 aliphatic heterocycles. The number of allylic oxidation sites excluding steroid dienone is 2. The minimum Gasteiger partial charge on any atom is -0.411 e. The lowest BCUT2D eigenvalue weighted by Gasteiger charge is -2.65. The maximum Gasteiger partial charge on any atom is 0.523 e. The number of hydrogen-bond donors (Lipinski definition) is 0. The van der Waals surface area contributed by atoms with Crippen molar-refractivity contribution in [3.8, 4) is 0 Å². The number of fused-ring (bicyclic) bond motifs is 3. The molecule has 0 unspecified atom stereocenters. The number of rotatable bonds is 6. The summed E-state index contributed by atoms with van der Waals surface area (Å²) >= 11 is 0. The zero-order valence-corrected chi connectivity index (χ0v) is 31.5. The Kier molecular flexibility index (Phi) is 8.62. The second-order valence-electron chi connectivity index (χ2n) is 17.2. The van der Waals surface area contributed by atoms with Crippen molar-refractivity contribution in [3.63, 3.8) is 0 Å². The number of alkyl halides is 3. The second-order valence-corrected chi connectivity index (χ2v) is 28.2. The van der Waals surface area contributed by atoms with Gasteiger partial charge in [-0.05, 0) is 80.7 Å². The molecule has 44 heavy (non-hydrogen) atoms. The predicted octanol–water partition coefficient (Wildman–Crippen LogP) is 7.74. The molecule has 0 aromatic rings. The van der Waals surface area contributed by atoms with Gasteiger partial charge in [-0.15, -0.1) is 0 Å². The summed E-state index contributed by atoms with van der Waals surface area (Å²) in [5, 5.41) is -0.465. The van der Waals surface area contributed by atoms with Crippen molar-refractivity contribution in [3.05, 3.63) is 11.6 Å². The number of carbonyl (C=O) groups excluding carboxylic acids is 1. The van der Waals surface area contributed by atoms with Gasteiger partial charge in [-0.25, -0.2) is 0 Å². The number of halogens is 3. The molecule has 0 N–H and O–H groups in total. The van der Waals surface area contributed by atoms with E-state index < -0.39 is 78.7 Å². The van der Waals surface area contributed by atoms with Gasteiger partial charge in [0.2, 0.25) is 0 Å². The van der Waals surface area contributed by atoms with Crippen molar-refractivity contribution in [2.45, 2.75) is 147 Å². The van der Waals surface area contributed by atoms with Crippen LogP contribution >= 0.6 is 0 Å². The monoisotopic (exact) mass is 682 g/mol. The molecule has 2 saturated carbocycles. The first-order valence-electron chi connectivity index (χ1n) is 15.7. The number of ether oxygens (including phenoxy) is 1. The molecule has 1 spiro atoms. The lowest BCUT2D eigenvalue weighted by atomic mass is 9.42. The summed E-state index contributed by atoms with van der Waals surface area (Å²) in [6.07, 6.45) is 0.246. The normalized spacial score (nSPS) is 38.7. The fourth-order valence-corrected chi connectivity index (χ4v) is 11.1. The molecule has 8 atom stereocenters. The Hall–Kier alpha value is -0.576. The summed E-state index contributed by atoms with van der Waals surface area (Å²) in [5.41, 5.74) is -8.53. The Morgan fingerprint density at radius 3 is 1.98 bits per heavy atom. The van der Waals surface area contributed by atoms with E-state index in [1.165, 1.54) is 0 Å². The first-order chi connectivity index (χ1) is 19.5. The van der Waals surface area contributed by atoms with E-state index >= 15 is 0 Å². The third kappa shape index (κ3) is 5.26. The van der Waals surface area contributed by atoms with Crippen molar-refractivity contribution in [1.82, 2.24) is 0 Å². The van der Waals surface area contributed by atoms with Gasteiger partial charge in [0.1, 0.15) is 6.10 Å². The van der Waals surface area contributed by atoms with E-state index in [4.69, 9.17) is 17.8 Å². The van der Waals surface area contributed by atoms with Crippen molar-refractivity contribution in [2.24, 2.45) is 22.7 Å². The second kappa shape index (κ2) is 10.5. The summed E-state index contributed by atoms with van der Waals surface area (Å²) in [4.78, 5) is 15.0. The largest absolute Gasteiger partial charge is 0.523 e. The van der Waals surface area contributed by atoms with Gasteiger partial charge in [0.25, 0.3) is 0 Å². The highest BCUT2D eigenvalue weighted by Crippen LogP contribution is 2.69. The first kappa shape index (κ1) is 36.3. The molecule has 254 valence electrons. The average molecular weight is 683 g/mol. The summed E-state index contributed by atoms with van der Waals surface area (Å²) in [6, 6.07) is 0. The Labute approximate surface area is 264 Å². The van der Waals surface area contributed by atoms with Gasteiger partial charge < -0.3 is 13.6 Å². The maximum absolute atomic E-state index is 15.0. The molecule has 7 nitrogen and oxygen atoms in total.